The Morgan fingerprint density at radius 3 is 2.50 bits per heavy atom. The molecule has 3 aromatic carbocycles. The Hall–Kier alpha value is -4.13. The predicted octanol–water partition coefficient (Wildman–Crippen LogP) is 5.29. The number of hydrogen-bond donors (Lipinski definition) is 2. The number of nitrogens with zero attached hydrogens (tertiary/aromatic N) is 3. The minimum Gasteiger partial charge on any atom is -0.462 e. The molecule has 0 aliphatic carbocycles. The van der Waals surface area contributed by atoms with Crippen LogP contribution in [-0.2, 0) is 4.74 Å². The third-order valence-corrected chi connectivity index (χ3v) is 5.15. The molecule has 4 rings (SSSR count). The van der Waals surface area contributed by atoms with E-state index in [9.17, 15) is 4.79 Å². The zero-order valence-electron chi connectivity index (χ0n) is 18.1. The molecule has 1 heterocycles. The Labute approximate surface area is 186 Å². The summed E-state index contributed by atoms with van der Waals surface area (Å²) in [4.78, 5) is 22.7. The summed E-state index contributed by atoms with van der Waals surface area (Å²) in [5.74, 6) is 0.777. The maximum absolute atomic E-state index is 11.9. The molecular formula is C25H25N5O2. The van der Waals surface area contributed by atoms with Gasteiger partial charge in [-0.2, -0.15) is 0 Å². The van der Waals surface area contributed by atoms with Crippen LogP contribution in [0.15, 0.2) is 73.1 Å². The summed E-state index contributed by atoms with van der Waals surface area (Å²) in [6, 6.07) is 21.4. The molecule has 0 saturated heterocycles. The lowest BCUT2D eigenvalue weighted by atomic mass is 10.1. The number of rotatable bonds is 7. The topological polar surface area (TPSA) is 93.4 Å². The van der Waals surface area contributed by atoms with Crippen molar-refractivity contribution in [3.05, 3.63) is 78.6 Å². The summed E-state index contributed by atoms with van der Waals surface area (Å²) in [7, 11) is 0. The number of esters is 1. The zero-order valence-corrected chi connectivity index (χ0v) is 18.1. The Morgan fingerprint density at radius 1 is 1.00 bits per heavy atom. The summed E-state index contributed by atoms with van der Waals surface area (Å²) in [6.45, 7) is 4.86. The number of nitrogens with one attached hydrogen (secondary N) is 1. The number of aromatic nitrogens is 2. The largest absolute Gasteiger partial charge is 0.462 e. The number of fused-ring (bicyclic) bond motifs is 1. The Bertz CT molecular complexity index is 1240. The van der Waals surface area contributed by atoms with E-state index in [-0.39, 0.29) is 5.97 Å². The molecule has 0 spiro atoms. The molecule has 7 nitrogen and oxygen atoms in total. The van der Waals surface area contributed by atoms with Gasteiger partial charge in [-0.25, -0.2) is 14.8 Å². The molecular weight excluding hydrogens is 402 g/mol. The summed E-state index contributed by atoms with van der Waals surface area (Å²) in [5.41, 5.74) is 9.21. The molecule has 0 aliphatic rings. The van der Waals surface area contributed by atoms with Crippen LogP contribution in [0, 0.1) is 0 Å². The maximum atomic E-state index is 11.9. The molecule has 0 amide bonds. The van der Waals surface area contributed by atoms with Crippen LogP contribution in [0.4, 0.5) is 28.7 Å². The van der Waals surface area contributed by atoms with Gasteiger partial charge >= 0.3 is 5.97 Å². The van der Waals surface area contributed by atoms with E-state index in [1.807, 2.05) is 18.2 Å². The lowest BCUT2D eigenvalue weighted by molar-refractivity contribution is 0.0526. The number of hydrogen-bond acceptors (Lipinski definition) is 7. The molecule has 0 atom stereocenters. The fraction of sp³-hybridized carbons (Fsp3) is 0.160. The highest BCUT2D eigenvalue weighted by Crippen LogP contribution is 2.36. The van der Waals surface area contributed by atoms with Gasteiger partial charge < -0.3 is 20.7 Å². The van der Waals surface area contributed by atoms with Crippen LogP contribution in [0.25, 0.3) is 10.8 Å². The first-order valence-electron chi connectivity index (χ1n) is 10.5. The van der Waals surface area contributed by atoms with Gasteiger partial charge in [-0.05, 0) is 49.6 Å². The Balaban J connectivity index is 1.65. The van der Waals surface area contributed by atoms with E-state index in [0.717, 1.165) is 22.1 Å². The second-order valence-electron chi connectivity index (χ2n) is 7.12. The van der Waals surface area contributed by atoms with Gasteiger partial charge in [0.1, 0.15) is 12.0 Å². The molecule has 0 fully saturated rings. The van der Waals surface area contributed by atoms with Crippen LogP contribution >= 0.6 is 0 Å². The van der Waals surface area contributed by atoms with E-state index in [1.165, 1.54) is 6.33 Å². The van der Waals surface area contributed by atoms with E-state index < -0.39 is 0 Å². The van der Waals surface area contributed by atoms with Crippen molar-refractivity contribution in [1.82, 2.24) is 9.97 Å². The molecule has 4 aromatic rings. The number of carbonyl (C=O) groups is 1. The summed E-state index contributed by atoms with van der Waals surface area (Å²) in [6.07, 6.45) is 1.49. The van der Waals surface area contributed by atoms with Crippen molar-refractivity contribution in [2.24, 2.45) is 0 Å². The molecule has 3 N–H and O–H groups in total. The number of nitrogen functional groups attached to an aromatic ring is 1. The highest BCUT2D eigenvalue weighted by atomic mass is 16.5. The second-order valence-corrected chi connectivity index (χ2v) is 7.12. The molecule has 1 aromatic heterocycles. The van der Waals surface area contributed by atoms with Crippen molar-refractivity contribution in [1.29, 1.82) is 0 Å². The monoisotopic (exact) mass is 427 g/mol. The van der Waals surface area contributed by atoms with E-state index >= 15 is 0 Å². The average molecular weight is 428 g/mol. The smallest absolute Gasteiger partial charge is 0.338 e. The minimum absolute atomic E-state index is 0.337. The first-order chi connectivity index (χ1) is 15.6. The van der Waals surface area contributed by atoms with Gasteiger partial charge in [-0.15, -0.1) is 0 Å². The number of benzene rings is 3. The highest BCUT2D eigenvalue weighted by molar-refractivity contribution is 5.97. The predicted molar refractivity (Wildman–Crippen MR) is 129 cm³/mol. The van der Waals surface area contributed by atoms with Gasteiger partial charge in [0.05, 0.1) is 17.9 Å². The lowest BCUT2D eigenvalue weighted by Gasteiger charge is -2.25. The molecule has 0 bridgehead atoms. The number of anilines is 5. The van der Waals surface area contributed by atoms with Crippen LogP contribution in [0.5, 0.6) is 0 Å². The third-order valence-electron chi connectivity index (χ3n) is 5.15. The first kappa shape index (κ1) is 21.1. The normalized spacial score (nSPS) is 10.7. The van der Waals surface area contributed by atoms with Gasteiger partial charge in [0.2, 0.25) is 0 Å². The summed E-state index contributed by atoms with van der Waals surface area (Å²) >= 11 is 0. The first-order valence-corrected chi connectivity index (χ1v) is 10.5. The SMILES string of the molecule is CCOC(=O)c1ccc(Nc2ncnc(N(CC)c3cccc4ccccc34)c2N)cc1. The van der Waals surface area contributed by atoms with Crippen LogP contribution < -0.4 is 16.0 Å². The standard InChI is InChI=1S/C25H25N5O2/c1-3-30(21-11-7-9-17-8-5-6-10-20(17)21)24-22(26)23(27-16-28-24)29-19-14-12-18(13-15-19)25(31)32-4-2/h5-16H,3-4,26H2,1-2H3,(H,27,28,29). The van der Waals surface area contributed by atoms with Crippen LogP contribution in [0.2, 0.25) is 0 Å². The number of nitrogens with two attached hydrogens (primary N) is 1. The molecule has 32 heavy (non-hydrogen) atoms. The molecule has 162 valence electrons. The van der Waals surface area contributed by atoms with E-state index in [4.69, 9.17) is 10.5 Å². The van der Waals surface area contributed by atoms with Crippen molar-refractivity contribution >= 4 is 45.4 Å². The van der Waals surface area contributed by atoms with Crippen LogP contribution in [0.1, 0.15) is 24.2 Å². The minimum atomic E-state index is -0.350. The Morgan fingerprint density at radius 2 is 1.75 bits per heavy atom. The molecule has 0 saturated carbocycles. The van der Waals surface area contributed by atoms with Crippen molar-refractivity contribution in [3.63, 3.8) is 0 Å². The second kappa shape index (κ2) is 9.34. The number of carbonyl (C=O) groups excluding carboxylic acids is 1. The maximum Gasteiger partial charge on any atom is 0.338 e. The fourth-order valence-corrected chi connectivity index (χ4v) is 3.62. The van der Waals surface area contributed by atoms with Gasteiger partial charge in [0.15, 0.2) is 11.6 Å². The molecule has 7 heteroatoms. The van der Waals surface area contributed by atoms with Crippen LogP contribution in [0.3, 0.4) is 0 Å². The van der Waals surface area contributed by atoms with E-state index in [0.29, 0.717) is 36.0 Å². The summed E-state index contributed by atoms with van der Waals surface area (Å²) in [5, 5.41) is 5.50. The van der Waals surface area contributed by atoms with Gasteiger partial charge in [-0.1, -0.05) is 36.4 Å². The van der Waals surface area contributed by atoms with E-state index in [2.05, 4.69) is 51.4 Å². The Kier molecular flexibility index (Phi) is 6.17. The van der Waals surface area contributed by atoms with Gasteiger partial charge in [0.25, 0.3) is 0 Å². The van der Waals surface area contributed by atoms with Gasteiger partial charge in [-0.3, -0.25) is 0 Å². The number of ether oxygens (including phenoxy) is 1. The quantitative estimate of drug-likeness (QED) is 0.387. The molecule has 0 aliphatic heterocycles. The van der Waals surface area contributed by atoms with Crippen molar-refractivity contribution in [2.45, 2.75) is 13.8 Å². The van der Waals surface area contributed by atoms with Gasteiger partial charge in [0, 0.05) is 17.6 Å². The average Bonchev–Trinajstić information content (AvgIpc) is 2.82. The summed E-state index contributed by atoms with van der Waals surface area (Å²) < 4.78 is 5.03. The third kappa shape index (κ3) is 4.18. The van der Waals surface area contributed by atoms with Crippen molar-refractivity contribution in [3.8, 4) is 0 Å². The van der Waals surface area contributed by atoms with Crippen LogP contribution in [-0.4, -0.2) is 29.1 Å². The van der Waals surface area contributed by atoms with E-state index in [1.54, 1.807) is 31.2 Å². The lowest BCUT2D eigenvalue weighted by Crippen LogP contribution is -2.20. The molecule has 0 radical (unpaired) electrons. The van der Waals surface area contributed by atoms with Crippen molar-refractivity contribution in [2.75, 3.05) is 29.1 Å². The fourth-order valence-electron chi connectivity index (χ4n) is 3.62. The zero-order chi connectivity index (χ0) is 22.5. The highest BCUT2D eigenvalue weighted by Gasteiger charge is 2.18. The van der Waals surface area contributed by atoms with Crippen molar-refractivity contribution < 1.29 is 9.53 Å². The molecule has 0 unspecified atom stereocenters.